The molecular formula is C23H30N4O2. The van der Waals surface area contributed by atoms with Gasteiger partial charge < -0.3 is 9.80 Å². The van der Waals surface area contributed by atoms with Gasteiger partial charge in [-0.15, -0.1) is 0 Å². The summed E-state index contributed by atoms with van der Waals surface area (Å²) < 4.78 is 1.64. The molecule has 2 aromatic rings. The number of rotatable bonds is 5. The Bertz CT molecular complexity index is 860. The molecule has 1 aromatic carbocycles. The molecule has 0 radical (unpaired) electrons. The summed E-state index contributed by atoms with van der Waals surface area (Å²) >= 11 is 0. The van der Waals surface area contributed by atoms with Crippen LogP contribution in [0, 0.1) is 5.41 Å². The van der Waals surface area contributed by atoms with Crippen LogP contribution in [0.1, 0.15) is 50.2 Å². The number of piperidine rings is 1. The van der Waals surface area contributed by atoms with Gasteiger partial charge in [-0.2, -0.15) is 5.10 Å². The average Bonchev–Trinajstić information content (AvgIpc) is 3.37. The SMILES string of the molecule is CC(C)c1ccc(CN2CCCC3(CCN(C(=O)Cn4cccn4)C3)C2=O)cc1. The minimum absolute atomic E-state index is 0.0415. The fourth-order valence-corrected chi connectivity index (χ4v) is 4.63. The predicted octanol–water partition coefficient (Wildman–Crippen LogP) is 3.05. The quantitative estimate of drug-likeness (QED) is 0.783. The fourth-order valence-electron chi connectivity index (χ4n) is 4.63. The van der Waals surface area contributed by atoms with Crippen molar-refractivity contribution in [2.45, 2.75) is 52.1 Å². The Hall–Kier alpha value is -2.63. The molecule has 6 nitrogen and oxygen atoms in total. The van der Waals surface area contributed by atoms with Crippen molar-refractivity contribution in [3.05, 3.63) is 53.9 Å². The molecule has 2 saturated heterocycles. The molecule has 2 fully saturated rings. The highest BCUT2D eigenvalue weighted by Crippen LogP contribution is 2.40. The highest BCUT2D eigenvalue weighted by Gasteiger charge is 2.49. The van der Waals surface area contributed by atoms with Gasteiger partial charge >= 0.3 is 0 Å². The van der Waals surface area contributed by atoms with E-state index in [1.54, 1.807) is 17.1 Å². The van der Waals surface area contributed by atoms with Crippen LogP contribution >= 0.6 is 0 Å². The standard InChI is InChI=1S/C23H30N4O2/c1-18(2)20-7-5-19(6-8-20)15-25-12-3-9-23(22(25)29)10-14-26(17-23)21(28)16-27-13-4-11-24-27/h4-8,11,13,18H,3,9-10,12,14-17H2,1-2H3. The molecule has 0 N–H and O–H groups in total. The highest BCUT2D eigenvalue weighted by atomic mass is 16.2. The minimum Gasteiger partial charge on any atom is -0.340 e. The Kier molecular flexibility index (Phi) is 5.43. The van der Waals surface area contributed by atoms with Crippen molar-refractivity contribution < 1.29 is 9.59 Å². The van der Waals surface area contributed by atoms with E-state index in [4.69, 9.17) is 0 Å². The summed E-state index contributed by atoms with van der Waals surface area (Å²) in [5.74, 6) is 0.763. The lowest BCUT2D eigenvalue weighted by molar-refractivity contribution is -0.146. The van der Waals surface area contributed by atoms with Gasteiger partial charge in [0.1, 0.15) is 6.54 Å². The molecule has 0 bridgehead atoms. The molecule has 1 spiro atoms. The van der Waals surface area contributed by atoms with Crippen molar-refractivity contribution in [2.75, 3.05) is 19.6 Å². The number of carbonyl (C=O) groups is 2. The molecule has 154 valence electrons. The molecule has 2 aliphatic rings. The molecule has 6 heteroatoms. The van der Waals surface area contributed by atoms with Gasteiger partial charge in [0, 0.05) is 38.6 Å². The van der Waals surface area contributed by atoms with Crippen LogP contribution < -0.4 is 0 Å². The number of nitrogens with zero attached hydrogens (tertiary/aromatic N) is 4. The lowest BCUT2D eigenvalue weighted by Crippen LogP contribution is -2.50. The van der Waals surface area contributed by atoms with Gasteiger partial charge in [0.15, 0.2) is 0 Å². The summed E-state index contributed by atoms with van der Waals surface area (Å²) in [7, 11) is 0. The number of likely N-dealkylation sites (tertiary alicyclic amines) is 2. The van der Waals surface area contributed by atoms with Crippen molar-refractivity contribution in [1.29, 1.82) is 0 Å². The monoisotopic (exact) mass is 394 g/mol. The van der Waals surface area contributed by atoms with Crippen LogP contribution in [0.3, 0.4) is 0 Å². The summed E-state index contributed by atoms with van der Waals surface area (Å²) in [5.41, 5.74) is 2.08. The van der Waals surface area contributed by atoms with Crippen molar-refractivity contribution in [1.82, 2.24) is 19.6 Å². The Morgan fingerprint density at radius 3 is 2.66 bits per heavy atom. The molecule has 1 atom stereocenters. The van der Waals surface area contributed by atoms with E-state index in [-0.39, 0.29) is 18.4 Å². The van der Waals surface area contributed by atoms with Crippen LogP contribution in [0.2, 0.25) is 0 Å². The largest absolute Gasteiger partial charge is 0.340 e. The highest BCUT2D eigenvalue weighted by molar-refractivity contribution is 5.86. The molecule has 2 aliphatic heterocycles. The van der Waals surface area contributed by atoms with E-state index < -0.39 is 5.41 Å². The summed E-state index contributed by atoms with van der Waals surface area (Å²) in [4.78, 5) is 29.9. The normalized spacial score (nSPS) is 22.1. The zero-order valence-electron chi connectivity index (χ0n) is 17.4. The summed E-state index contributed by atoms with van der Waals surface area (Å²) in [5, 5.41) is 4.12. The first-order valence-electron chi connectivity index (χ1n) is 10.6. The van der Waals surface area contributed by atoms with Gasteiger partial charge in [0.05, 0.1) is 5.41 Å². The number of amides is 2. The first kappa shape index (κ1) is 19.7. The molecule has 3 heterocycles. The van der Waals surface area contributed by atoms with Crippen LogP contribution in [-0.2, 0) is 22.7 Å². The van der Waals surface area contributed by atoms with E-state index in [1.165, 1.54) is 11.1 Å². The maximum Gasteiger partial charge on any atom is 0.244 e. The van der Waals surface area contributed by atoms with E-state index >= 15 is 0 Å². The summed E-state index contributed by atoms with van der Waals surface area (Å²) in [6, 6.07) is 10.4. The number of carbonyl (C=O) groups excluding carboxylic acids is 2. The lowest BCUT2D eigenvalue weighted by Gasteiger charge is -2.39. The van der Waals surface area contributed by atoms with Crippen molar-refractivity contribution >= 4 is 11.8 Å². The Morgan fingerprint density at radius 2 is 1.97 bits per heavy atom. The summed E-state index contributed by atoms with van der Waals surface area (Å²) in [6.07, 6.45) is 6.10. The Balaban J connectivity index is 1.41. The van der Waals surface area contributed by atoms with Gasteiger partial charge in [0.2, 0.25) is 11.8 Å². The van der Waals surface area contributed by atoms with E-state index in [2.05, 4.69) is 43.2 Å². The Labute approximate surface area is 172 Å². The third-order valence-corrected chi connectivity index (χ3v) is 6.41. The van der Waals surface area contributed by atoms with Gasteiger partial charge in [-0.1, -0.05) is 38.1 Å². The lowest BCUT2D eigenvalue weighted by atomic mass is 9.78. The molecule has 2 amide bonds. The maximum absolute atomic E-state index is 13.4. The van der Waals surface area contributed by atoms with Crippen LogP contribution in [0.4, 0.5) is 0 Å². The molecule has 1 unspecified atom stereocenters. The van der Waals surface area contributed by atoms with E-state index in [1.807, 2.05) is 15.9 Å². The molecular weight excluding hydrogens is 364 g/mol. The van der Waals surface area contributed by atoms with Gasteiger partial charge in [-0.05, 0) is 42.4 Å². The number of aromatic nitrogens is 2. The smallest absolute Gasteiger partial charge is 0.244 e. The summed E-state index contributed by atoms with van der Waals surface area (Å²) in [6.45, 7) is 7.26. The van der Waals surface area contributed by atoms with Crippen LogP contribution in [0.25, 0.3) is 0 Å². The number of benzene rings is 1. The van der Waals surface area contributed by atoms with E-state index in [0.717, 1.165) is 25.8 Å². The third-order valence-electron chi connectivity index (χ3n) is 6.41. The molecule has 29 heavy (non-hydrogen) atoms. The van der Waals surface area contributed by atoms with Crippen LogP contribution in [0.5, 0.6) is 0 Å². The molecule has 0 aliphatic carbocycles. The maximum atomic E-state index is 13.4. The molecule has 0 saturated carbocycles. The topological polar surface area (TPSA) is 58.4 Å². The zero-order chi connectivity index (χ0) is 20.4. The predicted molar refractivity (Wildman–Crippen MR) is 111 cm³/mol. The second-order valence-electron chi connectivity index (χ2n) is 8.78. The number of hydrogen-bond donors (Lipinski definition) is 0. The fraction of sp³-hybridized carbons (Fsp3) is 0.522. The van der Waals surface area contributed by atoms with Crippen molar-refractivity contribution in [3.8, 4) is 0 Å². The second-order valence-corrected chi connectivity index (χ2v) is 8.78. The zero-order valence-corrected chi connectivity index (χ0v) is 17.4. The van der Waals surface area contributed by atoms with Crippen molar-refractivity contribution in [2.24, 2.45) is 5.41 Å². The van der Waals surface area contributed by atoms with E-state index in [0.29, 0.717) is 25.6 Å². The van der Waals surface area contributed by atoms with Gasteiger partial charge in [0.25, 0.3) is 0 Å². The van der Waals surface area contributed by atoms with Crippen LogP contribution in [-0.4, -0.2) is 51.0 Å². The number of hydrogen-bond acceptors (Lipinski definition) is 3. The Morgan fingerprint density at radius 1 is 1.17 bits per heavy atom. The van der Waals surface area contributed by atoms with Crippen LogP contribution in [0.15, 0.2) is 42.7 Å². The van der Waals surface area contributed by atoms with E-state index in [9.17, 15) is 9.59 Å². The first-order chi connectivity index (χ1) is 14.0. The average molecular weight is 395 g/mol. The molecule has 1 aromatic heterocycles. The van der Waals surface area contributed by atoms with Gasteiger partial charge in [-0.25, -0.2) is 0 Å². The second kappa shape index (κ2) is 8.01. The minimum atomic E-state index is -0.407. The molecule has 4 rings (SSSR count). The first-order valence-corrected chi connectivity index (χ1v) is 10.6. The van der Waals surface area contributed by atoms with Gasteiger partial charge in [-0.3, -0.25) is 14.3 Å². The third kappa shape index (κ3) is 4.07. The van der Waals surface area contributed by atoms with Crippen molar-refractivity contribution in [3.63, 3.8) is 0 Å².